The molecular weight excluding hydrogens is 348 g/mol. The quantitative estimate of drug-likeness (QED) is 0.770. The van der Waals surface area contributed by atoms with Crippen LogP contribution in [0.5, 0.6) is 0 Å². The molecule has 0 aliphatic carbocycles. The molecule has 2 aromatic carbocycles. The van der Waals surface area contributed by atoms with Crippen LogP contribution in [-0.2, 0) is 9.84 Å². The molecule has 21 heavy (non-hydrogen) atoms. The Morgan fingerprint density at radius 1 is 1.14 bits per heavy atom. The van der Waals surface area contributed by atoms with Crippen molar-refractivity contribution in [3.63, 3.8) is 0 Å². The minimum Gasteiger partial charge on any atom is -0.224 e. The van der Waals surface area contributed by atoms with E-state index >= 15 is 0 Å². The highest BCUT2D eigenvalue weighted by atomic mass is 79.9. The largest absolute Gasteiger partial charge is 0.224 e. The van der Waals surface area contributed by atoms with Crippen LogP contribution in [0.15, 0.2) is 53.4 Å². The van der Waals surface area contributed by atoms with Gasteiger partial charge in [-0.1, -0.05) is 58.4 Å². The molecule has 2 unspecified atom stereocenters. The Morgan fingerprint density at radius 3 is 2.52 bits per heavy atom. The minimum atomic E-state index is -3.15. The zero-order valence-electron chi connectivity index (χ0n) is 11.8. The Kier molecular flexibility index (Phi) is 3.93. The van der Waals surface area contributed by atoms with E-state index in [1.807, 2.05) is 24.3 Å². The monoisotopic (exact) mass is 364 g/mol. The van der Waals surface area contributed by atoms with Crippen molar-refractivity contribution in [3.05, 3.63) is 65.2 Å². The lowest BCUT2D eigenvalue weighted by molar-refractivity contribution is 0.589. The van der Waals surface area contributed by atoms with E-state index in [1.54, 1.807) is 12.1 Å². The SMILES string of the molecule is Cc1ccccc1C(CBr)C1CS(=O)(=O)c2ccccc21. The molecule has 1 aliphatic rings. The number of hydrogen-bond acceptors (Lipinski definition) is 2. The highest BCUT2D eigenvalue weighted by molar-refractivity contribution is 9.09. The molecular formula is C17H17BrO2S. The second-order valence-electron chi connectivity index (χ2n) is 5.54. The molecule has 0 bridgehead atoms. The predicted octanol–water partition coefficient (Wildman–Crippen LogP) is 4.04. The summed E-state index contributed by atoms with van der Waals surface area (Å²) in [6.07, 6.45) is 0. The summed E-state index contributed by atoms with van der Waals surface area (Å²) in [5.74, 6) is 0.396. The van der Waals surface area contributed by atoms with Crippen LogP contribution in [0.1, 0.15) is 28.5 Å². The molecule has 0 saturated carbocycles. The maximum atomic E-state index is 12.4. The van der Waals surface area contributed by atoms with Gasteiger partial charge in [-0.15, -0.1) is 0 Å². The number of benzene rings is 2. The molecule has 0 radical (unpaired) electrons. The van der Waals surface area contributed by atoms with E-state index in [2.05, 4.69) is 35.0 Å². The van der Waals surface area contributed by atoms with Gasteiger partial charge in [0, 0.05) is 17.2 Å². The third-order valence-electron chi connectivity index (χ3n) is 4.29. The van der Waals surface area contributed by atoms with Gasteiger partial charge in [0.15, 0.2) is 9.84 Å². The fourth-order valence-corrected chi connectivity index (χ4v) is 5.96. The summed E-state index contributed by atoms with van der Waals surface area (Å²) in [6, 6.07) is 15.6. The predicted molar refractivity (Wildman–Crippen MR) is 88.9 cm³/mol. The van der Waals surface area contributed by atoms with E-state index in [9.17, 15) is 8.42 Å². The molecule has 2 atom stereocenters. The standard InChI is InChI=1S/C17H17BrO2S/c1-12-6-2-3-7-13(12)15(10-18)16-11-21(19,20)17-9-5-4-8-14(16)17/h2-9,15-16H,10-11H2,1H3. The Bertz CT molecular complexity index is 768. The number of alkyl halides is 1. The lowest BCUT2D eigenvalue weighted by Gasteiger charge is -2.23. The lowest BCUT2D eigenvalue weighted by atomic mass is 9.82. The van der Waals surface area contributed by atoms with Gasteiger partial charge < -0.3 is 0 Å². The second-order valence-corrected chi connectivity index (χ2v) is 8.19. The maximum absolute atomic E-state index is 12.4. The van der Waals surface area contributed by atoms with Gasteiger partial charge >= 0.3 is 0 Å². The topological polar surface area (TPSA) is 34.1 Å². The Labute approximate surface area is 134 Å². The molecule has 0 fully saturated rings. The molecule has 0 spiro atoms. The van der Waals surface area contributed by atoms with Gasteiger partial charge in [-0.25, -0.2) is 8.42 Å². The van der Waals surface area contributed by atoms with Gasteiger partial charge in [-0.05, 0) is 29.7 Å². The highest BCUT2D eigenvalue weighted by Gasteiger charge is 2.39. The van der Waals surface area contributed by atoms with Gasteiger partial charge in [0.25, 0.3) is 0 Å². The van der Waals surface area contributed by atoms with Crippen molar-refractivity contribution < 1.29 is 8.42 Å². The van der Waals surface area contributed by atoms with Crippen LogP contribution >= 0.6 is 15.9 Å². The van der Waals surface area contributed by atoms with E-state index in [4.69, 9.17) is 0 Å². The van der Waals surface area contributed by atoms with Crippen LogP contribution in [0.25, 0.3) is 0 Å². The number of rotatable bonds is 3. The van der Waals surface area contributed by atoms with Gasteiger partial charge in [-0.2, -0.15) is 0 Å². The summed E-state index contributed by atoms with van der Waals surface area (Å²) in [7, 11) is -3.15. The summed E-state index contributed by atoms with van der Waals surface area (Å²) in [5, 5.41) is 0.756. The van der Waals surface area contributed by atoms with Crippen LogP contribution in [-0.4, -0.2) is 19.5 Å². The van der Waals surface area contributed by atoms with Crippen molar-refractivity contribution in [2.75, 3.05) is 11.1 Å². The first kappa shape index (κ1) is 14.8. The first-order chi connectivity index (χ1) is 10.0. The van der Waals surface area contributed by atoms with Gasteiger partial charge in [-0.3, -0.25) is 0 Å². The zero-order valence-corrected chi connectivity index (χ0v) is 14.2. The maximum Gasteiger partial charge on any atom is 0.179 e. The molecule has 1 heterocycles. The van der Waals surface area contributed by atoms with Crippen LogP contribution in [0.4, 0.5) is 0 Å². The fraction of sp³-hybridized carbons (Fsp3) is 0.294. The molecule has 110 valence electrons. The molecule has 1 aliphatic heterocycles. The fourth-order valence-electron chi connectivity index (χ4n) is 3.23. The van der Waals surface area contributed by atoms with Crippen LogP contribution in [0.3, 0.4) is 0 Å². The van der Waals surface area contributed by atoms with Crippen LogP contribution in [0.2, 0.25) is 0 Å². The van der Waals surface area contributed by atoms with E-state index in [1.165, 1.54) is 11.1 Å². The molecule has 0 amide bonds. The third kappa shape index (κ3) is 2.55. The zero-order chi connectivity index (χ0) is 15.0. The summed E-state index contributed by atoms with van der Waals surface area (Å²) in [5.41, 5.74) is 3.40. The highest BCUT2D eigenvalue weighted by Crippen LogP contribution is 2.44. The Morgan fingerprint density at radius 2 is 1.81 bits per heavy atom. The van der Waals surface area contributed by atoms with Crippen LogP contribution < -0.4 is 0 Å². The number of halogens is 1. The normalized spacial score (nSPS) is 21.0. The van der Waals surface area contributed by atoms with E-state index < -0.39 is 9.84 Å². The lowest BCUT2D eigenvalue weighted by Crippen LogP contribution is -2.16. The minimum absolute atomic E-state index is 0.0201. The van der Waals surface area contributed by atoms with Crippen molar-refractivity contribution in [3.8, 4) is 0 Å². The van der Waals surface area contributed by atoms with Crippen molar-refractivity contribution in [2.45, 2.75) is 23.7 Å². The number of hydrogen-bond donors (Lipinski definition) is 0. The van der Waals surface area contributed by atoms with Crippen molar-refractivity contribution in [1.29, 1.82) is 0 Å². The molecule has 0 saturated heterocycles. The van der Waals surface area contributed by atoms with Gasteiger partial charge in [0.1, 0.15) is 0 Å². The summed E-state index contributed by atoms with van der Waals surface area (Å²) in [6.45, 7) is 2.08. The molecule has 0 aromatic heterocycles. The molecule has 2 aromatic rings. The van der Waals surface area contributed by atoms with E-state index in [0.29, 0.717) is 4.90 Å². The van der Waals surface area contributed by atoms with Gasteiger partial charge in [0.2, 0.25) is 0 Å². The average Bonchev–Trinajstić information content (AvgIpc) is 2.74. The summed E-state index contributed by atoms with van der Waals surface area (Å²) in [4.78, 5) is 0.509. The second kappa shape index (κ2) is 5.58. The van der Waals surface area contributed by atoms with Gasteiger partial charge in [0.05, 0.1) is 10.6 Å². The molecule has 0 N–H and O–H groups in total. The van der Waals surface area contributed by atoms with E-state index in [0.717, 1.165) is 10.9 Å². The number of sulfone groups is 1. The number of aryl methyl sites for hydroxylation is 1. The molecule has 2 nitrogen and oxygen atoms in total. The Hall–Kier alpha value is -1.13. The molecule has 4 heteroatoms. The van der Waals surface area contributed by atoms with Crippen LogP contribution in [0, 0.1) is 6.92 Å². The van der Waals surface area contributed by atoms with E-state index in [-0.39, 0.29) is 17.6 Å². The average molecular weight is 365 g/mol. The first-order valence-electron chi connectivity index (χ1n) is 6.98. The summed E-state index contributed by atoms with van der Waals surface area (Å²) < 4.78 is 24.8. The Balaban J connectivity index is 2.10. The molecule has 3 rings (SSSR count). The van der Waals surface area contributed by atoms with Crippen molar-refractivity contribution in [2.24, 2.45) is 0 Å². The van der Waals surface area contributed by atoms with Crippen molar-refractivity contribution in [1.82, 2.24) is 0 Å². The summed E-state index contributed by atoms with van der Waals surface area (Å²) >= 11 is 3.59. The smallest absolute Gasteiger partial charge is 0.179 e. The third-order valence-corrected chi connectivity index (χ3v) is 6.83. The first-order valence-corrected chi connectivity index (χ1v) is 9.75. The number of fused-ring (bicyclic) bond motifs is 1. The van der Waals surface area contributed by atoms with Crippen molar-refractivity contribution >= 4 is 25.8 Å².